The van der Waals surface area contributed by atoms with E-state index < -0.39 is 15.6 Å². The first kappa shape index (κ1) is 15.4. The van der Waals surface area contributed by atoms with Crippen LogP contribution < -0.4 is 4.72 Å². The second kappa shape index (κ2) is 7.07. The quantitative estimate of drug-likeness (QED) is 0.589. The summed E-state index contributed by atoms with van der Waals surface area (Å²) in [7, 11) is -3.44. The fraction of sp³-hybridized carbons (Fsp3) is 0.917. The van der Waals surface area contributed by atoms with E-state index in [2.05, 4.69) is 10.8 Å². The zero-order valence-corrected chi connectivity index (χ0v) is 11.8. The van der Waals surface area contributed by atoms with E-state index in [1.807, 2.05) is 6.92 Å². The summed E-state index contributed by atoms with van der Waals surface area (Å²) in [5.74, 6) is -0.0791. The number of sulfonamides is 1. The Morgan fingerprint density at radius 3 is 2.39 bits per heavy atom. The average Bonchev–Trinajstić information content (AvgIpc) is 2.55. The van der Waals surface area contributed by atoms with E-state index in [9.17, 15) is 13.7 Å². The maximum Gasteiger partial charge on any atom is 0.215 e. The molecule has 1 fully saturated rings. The Balaban J connectivity index is 2.63. The van der Waals surface area contributed by atoms with E-state index in [1.165, 1.54) is 0 Å². The number of nitriles is 1. The minimum atomic E-state index is -3.44. The van der Waals surface area contributed by atoms with E-state index in [4.69, 9.17) is 4.74 Å². The molecule has 6 heteroatoms. The molecule has 0 atom stereocenters. The molecule has 0 heterocycles. The van der Waals surface area contributed by atoms with E-state index in [0.717, 1.165) is 25.7 Å². The van der Waals surface area contributed by atoms with Crippen LogP contribution in [0.5, 0.6) is 0 Å². The Labute approximate surface area is 110 Å². The molecule has 0 spiro atoms. The van der Waals surface area contributed by atoms with Gasteiger partial charge in [-0.2, -0.15) is 9.98 Å². The van der Waals surface area contributed by atoms with Gasteiger partial charge >= 0.3 is 0 Å². The summed E-state index contributed by atoms with van der Waals surface area (Å²) < 4.78 is 31.5. The van der Waals surface area contributed by atoms with Crippen LogP contribution in [0.2, 0.25) is 0 Å². The van der Waals surface area contributed by atoms with E-state index in [0.29, 0.717) is 19.4 Å². The van der Waals surface area contributed by atoms with Gasteiger partial charge in [0.1, 0.15) is 5.54 Å². The molecule has 0 aliphatic heterocycles. The largest absolute Gasteiger partial charge is 0.381 e. The third-order valence-corrected chi connectivity index (χ3v) is 4.63. The predicted octanol–water partition coefficient (Wildman–Crippen LogP) is 1.56. The molecule has 18 heavy (non-hydrogen) atoms. The molecule has 0 amide bonds. The second-order valence-electron chi connectivity index (χ2n) is 4.73. The minimum Gasteiger partial charge on any atom is -0.381 e. The molecule has 0 saturated heterocycles. The fourth-order valence-corrected chi connectivity index (χ4v) is 3.51. The van der Waals surface area contributed by atoms with Crippen molar-refractivity contribution in [2.45, 2.75) is 51.0 Å². The second-order valence-corrected chi connectivity index (χ2v) is 6.57. The number of ether oxygens (including phenoxy) is 1. The first-order valence-corrected chi connectivity index (χ1v) is 8.19. The van der Waals surface area contributed by atoms with Gasteiger partial charge in [0, 0.05) is 6.61 Å². The van der Waals surface area contributed by atoms with Crippen LogP contribution in [0, 0.1) is 11.3 Å². The van der Waals surface area contributed by atoms with Gasteiger partial charge in [0.05, 0.1) is 18.4 Å². The Bertz CT molecular complexity index is 379. The third kappa shape index (κ3) is 4.92. The van der Waals surface area contributed by atoms with Gasteiger partial charge in [-0.25, -0.2) is 8.42 Å². The van der Waals surface area contributed by atoms with Crippen molar-refractivity contribution >= 4 is 10.0 Å². The summed E-state index contributed by atoms with van der Waals surface area (Å²) in [6.07, 6.45) is 5.17. The maximum atomic E-state index is 11.9. The highest BCUT2D eigenvalue weighted by Gasteiger charge is 2.34. The molecule has 104 valence electrons. The van der Waals surface area contributed by atoms with Crippen LogP contribution in [0.15, 0.2) is 0 Å². The molecule has 0 aromatic heterocycles. The minimum absolute atomic E-state index is 0.0791. The highest BCUT2D eigenvalue weighted by atomic mass is 32.2. The summed E-state index contributed by atoms with van der Waals surface area (Å²) in [5.41, 5.74) is -0.901. The van der Waals surface area contributed by atoms with Gasteiger partial charge in [0.2, 0.25) is 10.0 Å². The van der Waals surface area contributed by atoms with Gasteiger partial charge in [-0.3, -0.25) is 0 Å². The van der Waals surface area contributed by atoms with Crippen LogP contribution in [-0.4, -0.2) is 32.9 Å². The molecule has 0 unspecified atom stereocenters. The van der Waals surface area contributed by atoms with Crippen molar-refractivity contribution in [3.05, 3.63) is 0 Å². The standard InChI is InChI=1S/C12H22N2O3S/c1-2-17-9-10-18(15,16)14-12(11-13)7-5-3-4-6-8-12/h14H,2-10H2,1H3. The average molecular weight is 274 g/mol. The van der Waals surface area contributed by atoms with Crippen LogP contribution in [0.3, 0.4) is 0 Å². The highest BCUT2D eigenvalue weighted by molar-refractivity contribution is 7.89. The topological polar surface area (TPSA) is 79.2 Å². The molecular weight excluding hydrogens is 252 g/mol. The molecule has 1 aliphatic rings. The summed E-state index contributed by atoms with van der Waals surface area (Å²) in [6, 6.07) is 2.17. The van der Waals surface area contributed by atoms with Crippen LogP contribution >= 0.6 is 0 Å². The monoisotopic (exact) mass is 274 g/mol. The molecule has 0 aromatic rings. The van der Waals surface area contributed by atoms with Crippen LogP contribution in [0.25, 0.3) is 0 Å². The molecule has 0 radical (unpaired) electrons. The normalized spacial score (nSPS) is 20.0. The Hall–Kier alpha value is -0.640. The zero-order chi connectivity index (χ0) is 13.5. The Kier molecular flexibility index (Phi) is 6.06. The van der Waals surface area contributed by atoms with Crippen molar-refractivity contribution in [2.24, 2.45) is 0 Å². The predicted molar refractivity (Wildman–Crippen MR) is 69.5 cm³/mol. The van der Waals surface area contributed by atoms with Crippen molar-refractivity contribution in [3.63, 3.8) is 0 Å². The Morgan fingerprint density at radius 1 is 1.28 bits per heavy atom. The molecule has 1 N–H and O–H groups in total. The fourth-order valence-electron chi connectivity index (χ4n) is 2.23. The van der Waals surface area contributed by atoms with Crippen molar-refractivity contribution in [1.29, 1.82) is 5.26 Å². The number of nitrogens with one attached hydrogen (secondary N) is 1. The molecule has 0 aromatic carbocycles. The van der Waals surface area contributed by atoms with Crippen molar-refractivity contribution in [2.75, 3.05) is 19.0 Å². The van der Waals surface area contributed by atoms with Crippen LogP contribution in [-0.2, 0) is 14.8 Å². The lowest BCUT2D eigenvalue weighted by molar-refractivity contribution is 0.163. The van der Waals surface area contributed by atoms with Crippen LogP contribution in [0.4, 0.5) is 0 Å². The van der Waals surface area contributed by atoms with Crippen molar-refractivity contribution in [3.8, 4) is 6.07 Å². The van der Waals surface area contributed by atoms with Crippen molar-refractivity contribution < 1.29 is 13.2 Å². The van der Waals surface area contributed by atoms with Gasteiger partial charge < -0.3 is 4.74 Å². The van der Waals surface area contributed by atoms with E-state index in [-0.39, 0.29) is 12.4 Å². The number of hydrogen-bond donors (Lipinski definition) is 1. The lowest BCUT2D eigenvalue weighted by Crippen LogP contribution is -2.48. The van der Waals surface area contributed by atoms with Gasteiger partial charge in [0.15, 0.2) is 0 Å². The van der Waals surface area contributed by atoms with Crippen LogP contribution in [0.1, 0.15) is 45.4 Å². The maximum absolute atomic E-state index is 11.9. The lowest BCUT2D eigenvalue weighted by atomic mass is 9.94. The number of rotatable bonds is 6. The summed E-state index contributed by atoms with van der Waals surface area (Å²) in [6.45, 7) is 2.49. The van der Waals surface area contributed by atoms with E-state index >= 15 is 0 Å². The number of hydrogen-bond acceptors (Lipinski definition) is 4. The Morgan fingerprint density at radius 2 is 1.89 bits per heavy atom. The van der Waals surface area contributed by atoms with Gasteiger partial charge in [-0.15, -0.1) is 0 Å². The smallest absolute Gasteiger partial charge is 0.215 e. The number of nitrogens with zero attached hydrogens (tertiary/aromatic N) is 1. The molecular formula is C12H22N2O3S. The molecule has 1 aliphatic carbocycles. The van der Waals surface area contributed by atoms with Gasteiger partial charge in [-0.05, 0) is 19.8 Å². The lowest BCUT2D eigenvalue weighted by Gasteiger charge is -2.25. The van der Waals surface area contributed by atoms with Gasteiger partial charge in [-0.1, -0.05) is 25.7 Å². The summed E-state index contributed by atoms with van der Waals surface area (Å²) in [5, 5.41) is 9.29. The summed E-state index contributed by atoms with van der Waals surface area (Å²) >= 11 is 0. The van der Waals surface area contributed by atoms with E-state index in [1.54, 1.807) is 0 Å². The van der Waals surface area contributed by atoms with Gasteiger partial charge in [0.25, 0.3) is 0 Å². The zero-order valence-electron chi connectivity index (χ0n) is 10.9. The molecule has 0 bridgehead atoms. The third-order valence-electron chi connectivity index (χ3n) is 3.22. The highest BCUT2D eigenvalue weighted by Crippen LogP contribution is 2.27. The van der Waals surface area contributed by atoms with Crippen molar-refractivity contribution in [1.82, 2.24) is 4.72 Å². The molecule has 1 rings (SSSR count). The first-order valence-electron chi connectivity index (χ1n) is 6.54. The molecule has 1 saturated carbocycles. The molecule has 5 nitrogen and oxygen atoms in total. The first-order chi connectivity index (χ1) is 8.54. The summed E-state index contributed by atoms with van der Waals surface area (Å²) in [4.78, 5) is 0. The SMILES string of the molecule is CCOCCS(=O)(=O)NC1(C#N)CCCCCC1.